The van der Waals surface area contributed by atoms with E-state index in [2.05, 4.69) is 73.1 Å². The van der Waals surface area contributed by atoms with Crippen LogP contribution in [0.4, 0.5) is 0 Å². The fourth-order valence-electron chi connectivity index (χ4n) is 4.47. The first-order valence-electron chi connectivity index (χ1n) is 11.5. The van der Waals surface area contributed by atoms with E-state index in [9.17, 15) is 4.79 Å². The summed E-state index contributed by atoms with van der Waals surface area (Å²) >= 11 is 0. The molecule has 0 unspecified atom stereocenters. The molecule has 4 rings (SSSR count). The van der Waals surface area contributed by atoms with Crippen molar-refractivity contribution in [2.24, 2.45) is 5.92 Å². The van der Waals surface area contributed by atoms with Crippen LogP contribution in [0.25, 0.3) is 10.9 Å². The number of nitrogens with zero attached hydrogens (tertiary/aromatic N) is 1. The normalized spacial score (nSPS) is 15.2. The van der Waals surface area contributed by atoms with E-state index in [-0.39, 0.29) is 11.9 Å². The van der Waals surface area contributed by atoms with Gasteiger partial charge in [-0.15, -0.1) is 0 Å². The van der Waals surface area contributed by atoms with Gasteiger partial charge in [-0.1, -0.05) is 50.1 Å². The highest BCUT2D eigenvalue weighted by Gasteiger charge is 2.20. The van der Waals surface area contributed by atoms with Crippen LogP contribution < -0.4 is 5.32 Å². The van der Waals surface area contributed by atoms with E-state index in [1.54, 1.807) is 0 Å². The number of hydrogen-bond acceptors (Lipinski definition) is 1. The molecule has 2 aromatic carbocycles. The minimum absolute atomic E-state index is 0.00240. The average molecular weight is 403 g/mol. The molecule has 1 saturated carbocycles. The van der Waals surface area contributed by atoms with Crippen LogP contribution in [0.3, 0.4) is 0 Å². The van der Waals surface area contributed by atoms with E-state index in [4.69, 9.17) is 0 Å². The lowest BCUT2D eigenvalue weighted by Gasteiger charge is -2.27. The van der Waals surface area contributed by atoms with Gasteiger partial charge in [0.2, 0.25) is 0 Å². The van der Waals surface area contributed by atoms with Crippen LogP contribution in [0.1, 0.15) is 79.2 Å². The van der Waals surface area contributed by atoms with Crippen LogP contribution in [0.15, 0.2) is 48.5 Å². The molecule has 1 amide bonds. The molecule has 0 spiro atoms. The number of amides is 1. The van der Waals surface area contributed by atoms with E-state index in [1.165, 1.54) is 59.8 Å². The maximum absolute atomic E-state index is 13.0. The van der Waals surface area contributed by atoms with Crippen LogP contribution >= 0.6 is 0 Å². The molecular weight excluding hydrogens is 368 g/mol. The molecule has 1 aliphatic rings. The minimum Gasteiger partial charge on any atom is -0.346 e. The summed E-state index contributed by atoms with van der Waals surface area (Å²) in [4.78, 5) is 13.0. The number of fused-ring (bicyclic) bond motifs is 1. The molecule has 1 fully saturated rings. The highest BCUT2D eigenvalue weighted by atomic mass is 16.1. The highest BCUT2D eigenvalue weighted by molar-refractivity contribution is 5.98. The van der Waals surface area contributed by atoms with Crippen LogP contribution in [0.5, 0.6) is 0 Å². The number of unbranched alkanes of at least 4 members (excludes halogenated alkanes) is 1. The fraction of sp³-hybridized carbons (Fsp3) is 0.444. The molecule has 1 atom stereocenters. The molecular formula is C27H34N2O. The van der Waals surface area contributed by atoms with Gasteiger partial charge in [0.25, 0.3) is 5.91 Å². The first kappa shape index (κ1) is 20.7. The molecule has 1 heterocycles. The van der Waals surface area contributed by atoms with Crippen molar-refractivity contribution >= 4 is 16.8 Å². The monoisotopic (exact) mass is 402 g/mol. The van der Waals surface area contributed by atoms with Crippen LogP contribution in [0.2, 0.25) is 0 Å². The fourth-order valence-corrected chi connectivity index (χ4v) is 4.47. The van der Waals surface area contributed by atoms with Crippen molar-refractivity contribution in [3.05, 3.63) is 70.9 Å². The number of rotatable bonds is 8. The summed E-state index contributed by atoms with van der Waals surface area (Å²) in [7, 11) is 0. The second kappa shape index (κ2) is 9.07. The van der Waals surface area contributed by atoms with Gasteiger partial charge in [-0.05, 0) is 80.2 Å². The molecule has 3 nitrogen and oxygen atoms in total. The molecule has 0 aliphatic heterocycles. The standard InChI is InChI=1S/C27H34N2O/c1-4-5-8-21-9-7-12-23(16-21)20(3)28-27(30)25-14-13-24-15-19(2)29(26(24)17-25)18-22-10-6-11-22/h7,9,12-17,20,22H,4-6,8,10-11,18H2,1-3H3,(H,28,30)/t20-/m0/s1. The van der Waals surface area contributed by atoms with Crippen LogP contribution in [-0.2, 0) is 13.0 Å². The quantitative estimate of drug-likeness (QED) is 0.453. The summed E-state index contributed by atoms with van der Waals surface area (Å²) in [6.45, 7) is 7.53. The van der Waals surface area contributed by atoms with Crippen molar-refractivity contribution < 1.29 is 4.79 Å². The van der Waals surface area contributed by atoms with Gasteiger partial charge in [0.1, 0.15) is 0 Å². The van der Waals surface area contributed by atoms with Crippen molar-refractivity contribution in [3.63, 3.8) is 0 Å². The molecule has 3 heteroatoms. The second-order valence-electron chi connectivity index (χ2n) is 9.01. The molecule has 1 aliphatic carbocycles. The summed E-state index contributed by atoms with van der Waals surface area (Å²) in [6, 6.07) is 17.0. The Bertz CT molecular complexity index is 1030. The summed E-state index contributed by atoms with van der Waals surface area (Å²) in [5.41, 5.74) is 5.72. The topological polar surface area (TPSA) is 34.0 Å². The second-order valence-corrected chi connectivity index (χ2v) is 9.01. The maximum Gasteiger partial charge on any atom is 0.251 e. The van der Waals surface area contributed by atoms with Gasteiger partial charge < -0.3 is 9.88 Å². The number of carbonyl (C=O) groups is 1. The number of benzene rings is 2. The van der Waals surface area contributed by atoms with Crippen molar-refractivity contribution in [2.45, 2.75) is 71.9 Å². The summed E-state index contributed by atoms with van der Waals surface area (Å²) in [5.74, 6) is 0.786. The lowest BCUT2D eigenvalue weighted by atomic mass is 9.85. The Kier molecular flexibility index (Phi) is 6.26. The third-order valence-corrected chi connectivity index (χ3v) is 6.66. The zero-order chi connectivity index (χ0) is 21.1. The lowest BCUT2D eigenvalue weighted by Crippen LogP contribution is -2.26. The first-order valence-corrected chi connectivity index (χ1v) is 11.5. The van der Waals surface area contributed by atoms with Gasteiger partial charge in [0.15, 0.2) is 0 Å². The first-order chi connectivity index (χ1) is 14.5. The zero-order valence-electron chi connectivity index (χ0n) is 18.6. The Morgan fingerprint density at radius 1 is 1.17 bits per heavy atom. The maximum atomic E-state index is 13.0. The SMILES string of the molecule is CCCCc1cccc([C@H](C)NC(=O)c2ccc3cc(C)n(CC4CCC4)c3c2)c1. The molecule has 0 bridgehead atoms. The predicted molar refractivity (Wildman–Crippen MR) is 125 cm³/mol. The molecule has 0 radical (unpaired) electrons. The van der Waals surface area contributed by atoms with Gasteiger partial charge in [0, 0.05) is 23.3 Å². The Labute approximate surface area is 180 Å². The van der Waals surface area contributed by atoms with Crippen molar-refractivity contribution in [2.75, 3.05) is 0 Å². The van der Waals surface area contributed by atoms with E-state index in [0.717, 1.165) is 24.4 Å². The van der Waals surface area contributed by atoms with E-state index in [1.807, 2.05) is 6.07 Å². The average Bonchev–Trinajstić information content (AvgIpc) is 3.03. The molecule has 1 N–H and O–H groups in total. The largest absolute Gasteiger partial charge is 0.346 e. The van der Waals surface area contributed by atoms with Crippen molar-refractivity contribution in [1.82, 2.24) is 9.88 Å². The predicted octanol–water partition coefficient (Wildman–Crippen LogP) is 6.58. The number of nitrogens with one attached hydrogen (secondary N) is 1. The zero-order valence-corrected chi connectivity index (χ0v) is 18.6. The van der Waals surface area contributed by atoms with Gasteiger partial charge >= 0.3 is 0 Å². The highest BCUT2D eigenvalue weighted by Crippen LogP contribution is 2.31. The third-order valence-electron chi connectivity index (χ3n) is 6.66. The molecule has 0 saturated heterocycles. The Hall–Kier alpha value is -2.55. The molecule has 3 aromatic rings. The number of aryl methyl sites for hydroxylation is 2. The van der Waals surface area contributed by atoms with Crippen LogP contribution in [0, 0.1) is 12.8 Å². The smallest absolute Gasteiger partial charge is 0.251 e. The van der Waals surface area contributed by atoms with Gasteiger partial charge in [-0.25, -0.2) is 0 Å². The van der Waals surface area contributed by atoms with Gasteiger partial charge in [0.05, 0.1) is 6.04 Å². The molecule has 158 valence electrons. The van der Waals surface area contributed by atoms with Gasteiger partial charge in [-0.3, -0.25) is 4.79 Å². The Morgan fingerprint density at radius 3 is 2.73 bits per heavy atom. The van der Waals surface area contributed by atoms with Crippen LogP contribution in [-0.4, -0.2) is 10.5 Å². The summed E-state index contributed by atoms with van der Waals surface area (Å²) < 4.78 is 2.40. The lowest BCUT2D eigenvalue weighted by molar-refractivity contribution is 0.0940. The molecule has 30 heavy (non-hydrogen) atoms. The molecule has 1 aromatic heterocycles. The summed E-state index contributed by atoms with van der Waals surface area (Å²) in [5, 5.41) is 4.42. The number of carbonyl (C=O) groups excluding carboxylic acids is 1. The van der Waals surface area contributed by atoms with Gasteiger partial charge in [-0.2, -0.15) is 0 Å². The van der Waals surface area contributed by atoms with Crippen molar-refractivity contribution in [3.8, 4) is 0 Å². The minimum atomic E-state index is -0.0155. The Morgan fingerprint density at radius 2 is 2.00 bits per heavy atom. The Balaban J connectivity index is 1.50. The summed E-state index contributed by atoms with van der Waals surface area (Å²) in [6.07, 6.45) is 7.50. The van der Waals surface area contributed by atoms with E-state index < -0.39 is 0 Å². The van der Waals surface area contributed by atoms with E-state index in [0.29, 0.717) is 0 Å². The number of aromatic nitrogens is 1. The number of hydrogen-bond donors (Lipinski definition) is 1. The van der Waals surface area contributed by atoms with Crippen molar-refractivity contribution in [1.29, 1.82) is 0 Å². The van der Waals surface area contributed by atoms with E-state index >= 15 is 0 Å². The third kappa shape index (κ3) is 4.45.